The fraction of sp³-hybridized carbons (Fsp3) is 0.625. The Morgan fingerprint density at radius 3 is 2.70 bits per heavy atom. The molecule has 0 spiro atoms. The first kappa shape index (κ1) is 24.9. The Labute approximate surface area is 189 Å². The lowest BCUT2D eigenvalue weighted by Gasteiger charge is -2.44. The van der Waals surface area contributed by atoms with Gasteiger partial charge >= 0.3 is 0 Å². The minimum atomic E-state index is -0.590. The van der Waals surface area contributed by atoms with E-state index in [2.05, 4.69) is 53.9 Å². The molecule has 5 nitrogen and oxygen atoms in total. The highest BCUT2D eigenvalue weighted by Crippen LogP contribution is 2.37. The van der Waals surface area contributed by atoms with Crippen molar-refractivity contribution in [3.05, 3.63) is 42.5 Å². The number of carbonyl (C=O) groups is 1. The second kappa shape index (κ2) is 11.3. The molecule has 1 aromatic carbocycles. The van der Waals surface area contributed by atoms with Crippen molar-refractivity contribution >= 4 is 21.8 Å². The van der Waals surface area contributed by atoms with E-state index in [0.29, 0.717) is 17.8 Å². The standard InChI is InChI=1S/C24H37BrN2O3/c1-5-8-18-9-6-7-10-21(18)30-17-20(28)16-26-23(2,3)19-11-13-24(4,14-12-19)27-22(29)15-25/h5-7,9-10,19-20,26,28H,1,8,11-17H2,2-4H3,(H,27,29). The van der Waals surface area contributed by atoms with Crippen LogP contribution in [0.1, 0.15) is 52.0 Å². The first-order valence-electron chi connectivity index (χ1n) is 10.8. The van der Waals surface area contributed by atoms with Crippen LogP contribution in [0.3, 0.4) is 0 Å². The van der Waals surface area contributed by atoms with Gasteiger partial charge in [-0.05, 0) is 70.4 Å². The number of allylic oxidation sites excluding steroid dienone is 1. The molecule has 0 radical (unpaired) electrons. The molecule has 0 aliphatic heterocycles. The average molecular weight is 481 g/mol. The third-order valence-corrected chi connectivity index (χ3v) is 6.74. The lowest BCUT2D eigenvalue weighted by Crippen LogP contribution is -2.54. The zero-order valence-electron chi connectivity index (χ0n) is 18.5. The van der Waals surface area contributed by atoms with Gasteiger partial charge in [0.05, 0.1) is 5.33 Å². The Balaban J connectivity index is 1.79. The predicted octanol–water partition coefficient (Wildman–Crippen LogP) is 3.98. The number of ether oxygens (including phenoxy) is 1. The number of halogens is 1. The number of benzene rings is 1. The summed E-state index contributed by atoms with van der Waals surface area (Å²) in [6, 6.07) is 7.86. The van der Waals surface area contributed by atoms with Crippen molar-refractivity contribution in [2.45, 2.75) is 70.1 Å². The molecule has 168 valence electrons. The highest BCUT2D eigenvalue weighted by Gasteiger charge is 2.38. The van der Waals surface area contributed by atoms with E-state index in [9.17, 15) is 9.90 Å². The van der Waals surface area contributed by atoms with Crippen molar-refractivity contribution in [1.82, 2.24) is 10.6 Å². The zero-order valence-corrected chi connectivity index (χ0v) is 20.1. The highest BCUT2D eigenvalue weighted by atomic mass is 79.9. The number of amides is 1. The van der Waals surface area contributed by atoms with E-state index in [-0.39, 0.29) is 23.6 Å². The largest absolute Gasteiger partial charge is 0.491 e. The molecule has 1 unspecified atom stereocenters. The lowest BCUT2D eigenvalue weighted by molar-refractivity contribution is -0.120. The van der Waals surface area contributed by atoms with Crippen molar-refractivity contribution in [2.24, 2.45) is 5.92 Å². The molecule has 1 atom stereocenters. The molecule has 6 heteroatoms. The molecule has 1 saturated carbocycles. The van der Waals surface area contributed by atoms with Gasteiger partial charge in [0.25, 0.3) is 0 Å². The monoisotopic (exact) mass is 480 g/mol. The first-order chi connectivity index (χ1) is 14.2. The van der Waals surface area contributed by atoms with Crippen LogP contribution < -0.4 is 15.4 Å². The molecule has 0 bridgehead atoms. The van der Waals surface area contributed by atoms with Crippen molar-refractivity contribution < 1.29 is 14.6 Å². The quantitative estimate of drug-likeness (QED) is 0.330. The Morgan fingerprint density at radius 1 is 1.40 bits per heavy atom. The number of aliphatic hydroxyl groups is 1. The Bertz CT molecular complexity index is 699. The number of β-amino-alcohol motifs (C(OH)–C–C–N with tert-alkyl or cyclic N) is 1. The summed E-state index contributed by atoms with van der Waals surface area (Å²) in [5.41, 5.74) is 0.858. The Hall–Kier alpha value is -1.37. The van der Waals surface area contributed by atoms with Gasteiger partial charge < -0.3 is 20.5 Å². The third-order valence-electron chi connectivity index (χ3n) is 6.23. The number of rotatable bonds is 11. The van der Waals surface area contributed by atoms with Gasteiger partial charge in [-0.25, -0.2) is 0 Å². The van der Waals surface area contributed by atoms with Crippen LogP contribution in [-0.4, -0.2) is 46.7 Å². The maximum absolute atomic E-state index is 11.7. The fourth-order valence-corrected chi connectivity index (χ4v) is 4.35. The summed E-state index contributed by atoms with van der Waals surface area (Å²) in [6.45, 7) is 11.0. The normalized spacial score (nSPS) is 22.9. The zero-order chi connectivity index (χ0) is 22.2. The molecule has 1 amide bonds. The molecule has 1 aromatic rings. The molecular weight excluding hydrogens is 444 g/mol. The van der Waals surface area contributed by atoms with Crippen LogP contribution in [0.4, 0.5) is 0 Å². The average Bonchev–Trinajstić information content (AvgIpc) is 2.72. The first-order valence-corrected chi connectivity index (χ1v) is 11.9. The summed E-state index contributed by atoms with van der Waals surface area (Å²) in [5, 5.41) is 17.5. The number of hydrogen-bond acceptors (Lipinski definition) is 4. The van der Waals surface area contributed by atoms with Crippen LogP contribution in [0.25, 0.3) is 0 Å². The summed E-state index contributed by atoms with van der Waals surface area (Å²) < 4.78 is 5.86. The Kier molecular flexibility index (Phi) is 9.38. The topological polar surface area (TPSA) is 70.6 Å². The van der Waals surface area contributed by atoms with Crippen molar-refractivity contribution in [3.8, 4) is 5.75 Å². The van der Waals surface area contributed by atoms with Gasteiger partial charge in [0, 0.05) is 17.6 Å². The van der Waals surface area contributed by atoms with Crippen LogP contribution in [0, 0.1) is 5.92 Å². The smallest absolute Gasteiger partial charge is 0.231 e. The molecule has 0 heterocycles. The number of nitrogens with one attached hydrogen (secondary N) is 2. The van der Waals surface area contributed by atoms with Crippen LogP contribution in [-0.2, 0) is 11.2 Å². The molecule has 1 fully saturated rings. The van der Waals surface area contributed by atoms with E-state index >= 15 is 0 Å². The SMILES string of the molecule is C=CCc1ccccc1OCC(O)CNC(C)(C)C1CCC(C)(NC(=O)CBr)CC1. The van der Waals surface area contributed by atoms with Crippen LogP contribution in [0.15, 0.2) is 36.9 Å². The van der Waals surface area contributed by atoms with E-state index < -0.39 is 6.10 Å². The molecule has 0 saturated heterocycles. The molecule has 1 aliphatic rings. The third kappa shape index (κ3) is 7.40. The minimum absolute atomic E-state index is 0.0473. The highest BCUT2D eigenvalue weighted by molar-refractivity contribution is 9.09. The number of aliphatic hydroxyl groups excluding tert-OH is 1. The number of alkyl halides is 1. The summed E-state index contributed by atoms with van der Waals surface area (Å²) in [6.07, 6.45) is 6.02. The van der Waals surface area contributed by atoms with Gasteiger partial charge in [-0.2, -0.15) is 0 Å². The van der Waals surface area contributed by atoms with E-state index in [1.807, 2.05) is 30.3 Å². The Morgan fingerprint density at radius 2 is 2.07 bits per heavy atom. The maximum atomic E-state index is 11.7. The summed E-state index contributed by atoms with van der Waals surface area (Å²) >= 11 is 3.22. The molecule has 0 aromatic heterocycles. The van der Waals surface area contributed by atoms with Gasteiger partial charge in [-0.15, -0.1) is 6.58 Å². The second-order valence-electron chi connectivity index (χ2n) is 9.18. The van der Waals surface area contributed by atoms with Crippen molar-refractivity contribution in [1.29, 1.82) is 0 Å². The molecule has 2 rings (SSSR count). The maximum Gasteiger partial charge on any atom is 0.231 e. The summed E-state index contributed by atoms with van der Waals surface area (Å²) in [7, 11) is 0. The van der Waals surface area contributed by atoms with Crippen molar-refractivity contribution in [2.75, 3.05) is 18.5 Å². The van der Waals surface area contributed by atoms with Crippen LogP contribution in [0.5, 0.6) is 5.75 Å². The van der Waals surface area contributed by atoms with Gasteiger partial charge in [-0.3, -0.25) is 4.79 Å². The predicted molar refractivity (Wildman–Crippen MR) is 126 cm³/mol. The van der Waals surface area contributed by atoms with E-state index in [0.717, 1.165) is 43.4 Å². The molecule has 3 N–H and O–H groups in total. The fourth-order valence-electron chi connectivity index (χ4n) is 4.21. The number of carbonyl (C=O) groups excluding carboxylic acids is 1. The second-order valence-corrected chi connectivity index (χ2v) is 9.75. The van der Waals surface area contributed by atoms with Gasteiger partial charge in [0.15, 0.2) is 0 Å². The number of para-hydroxylation sites is 1. The summed E-state index contributed by atoms with van der Waals surface area (Å²) in [4.78, 5) is 11.7. The number of hydrogen-bond donors (Lipinski definition) is 3. The minimum Gasteiger partial charge on any atom is -0.491 e. The molecular formula is C24H37BrN2O3. The van der Waals surface area contributed by atoms with E-state index in [1.165, 1.54) is 0 Å². The van der Waals surface area contributed by atoms with Crippen molar-refractivity contribution in [3.63, 3.8) is 0 Å². The van der Waals surface area contributed by atoms with Gasteiger partial charge in [0.2, 0.25) is 5.91 Å². The van der Waals surface area contributed by atoms with E-state index in [4.69, 9.17) is 4.74 Å². The lowest BCUT2D eigenvalue weighted by atomic mass is 9.70. The summed E-state index contributed by atoms with van der Waals surface area (Å²) in [5.74, 6) is 1.34. The molecule has 30 heavy (non-hydrogen) atoms. The van der Waals surface area contributed by atoms with E-state index in [1.54, 1.807) is 0 Å². The van der Waals surface area contributed by atoms with Crippen LogP contribution in [0.2, 0.25) is 0 Å². The molecule has 1 aliphatic carbocycles. The van der Waals surface area contributed by atoms with Crippen LogP contribution >= 0.6 is 15.9 Å². The van der Waals surface area contributed by atoms with Gasteiger partial charge in [-0.1, -0.05) is 40.2 Å². The van der Waals surface area contributed by atoms with Gasteiger partial charge in [0.1, 0.15) is 18.5 Å².